The zero-order valence-electron chi connectivity index (χ0n) is 17.2. The minimum atomic E-state index is -0.140. The first kappa shape index (κ1) is 19.0. The van der Waals surface area contributed by atoms with Crippen LogP contribution >= 0.6 is 0 Å². The lowest BCUT2D eigenvalue weighted by molar-refractivity contribution is -0.0510. The molecule has 4 rings (SSSR count). The molecule has 1 unspecified atom stereocenters. The second-order valence-corrected chi connectivity index (χ2v) is 10.8. The average Bonchev–Trinajstić information content (AvgIpc) is 2.92. The zero-order chi connectivity index (χ0) is 18.5. The number of hydrogen-bond acceptors (Lipinski definition) is 2. The highest BCUT2D eigenvalue weighted by molar-refractivity contribution is 5.25. The molecule has 3 fully saturated rings. The van der Waals surface area contributed by atoms with Gasteiger partial charge in [-0.15, -0.1) is 0 Å². The fourth-order valence-electron chi connectivity index (χ4n) is 7.88. The molecule has 2 heteroatoms. The van der Waals surface area contributed by atoms with Crippen molar-refractivity contribution in [3.05, 3.63) is 11.6 Å². The van der Waals surface area contributed by atoms with Crippen LogP contribution in [0.3, 0.4) is 0 Å². The van der Waals surface area contributed by atoms with E-state index in [9.17, 15) is 10.2 Å². The van der Waals surface area contributed by atoms with Crippen LogP contribution in [-0.2, 0) is 0 Å². The molecule has 0 aliphatic heterocycles. The number of fused-ring (bicyclic) bond motifs is 5. The molecule has 3 saturated carbocycles. The van der Waals surface area contributed by atoms with Gasteiger partial charge >= 0.3 is 0 Å². The minimum Gasteiger partial charge on any atom is -0.393 e. The Kier molecular flexibility index (Phi) is 5.06. The highest BCUT2D eigenvalue weighted by atomic mass is 16.3. The highest BCUT2D eigenvalue weighted by Crippen LogP contribution is 2.66. The summed E-state index contributed by atoms with van der Waals surface area (Å²) in [5.41, 5.74) is 2.50. The van der Waals surface area contributed by atoms with Gasteiger partial charge in [0, 0.05) is 0 Å². The first-order valence-electron chi connectivity index (χ1n) is 11.4. The summed E-state index contributed by atoms with van der Waals surface area (Å²) in [4.78, 5) is 0. The lowest BCUT2D eigenvalue weighted by Gasteiger charge is -2.58. The van der Waals surface area contributed by atoms with Gasteiger partial charge in [-0.3, -0.25) is 0 Å². The molecular weight excluding hydrogens is 320 g/mol. The van der Waals surface area contributed by atoms with Crippen LogP contribution in [0.5, 0.6) is 0 Å². The maximum atomic E-state index is 10.1. The number of allylic oxidation sites excluding steroid dienone is 1. The van der Waals surface area contributed by atoms with Crippen molar-refractivity contribution in [3.8, 4) is 0 Å². The SMILES string of the molecule is CC(O)CCC[C@H]1CC[C@H]2[C@@H]3CC=C4C[C@@H](O)CC[C@]4(C)[C@H]3CC[C@]12C. The fourth-order valence-corrected chi connectivity index (χ4v) is 7.88. The first-order chi connectivity index (χ1) is 12.3. The van der Waals surface area contributed by atoms with E-state index >= 15 is 0 Å². The second kappa shape index (κ2) is 6.92. The standard InChI is InChI=1S/C24H40O2/c1-16(25)5-4-6-17-8-10-21-20-9-7-18-15-19(26)11-13-24(18,3)22(20)12-14-23(17,21)2/h7,16-17,19-22,25-26H,4-6,8-15H2,1-3H3/t16?,17-,19-,20-,21-,22-,23+,24-/m0/s1. The molecule has 2 nitrogen and oxygen atoms in total. The van der Waals surface area contributed by atoms with Crippen molar-refractivity contribution in [2.75, 3.05) is 0 Å². The summed E-state index contributed by atoms with van der Waals surface area (Å²) < 4.78 is 0. The van der Waals surface area contributed by atoms with Gasteiger partial charge in [0.15, 0.2) is 0 Å². The zero-order valence-corrected chi connectivity index (χ0v) is 17.2. The summed E-state index contributed by atoms with van der Waals surface area (Å²) in [6, 6.07) is 0. The van der Waals surface area contributed by atoms with Crippen molar-refractivity contribution < 1.29 is 10.2 Å². The van der Waals surface area contributed by atoms with Gasteiger partial charge in [0.2, 0.25) is 0 Å². The Bertz CT molecular complexity index is 552. The molecule has 0 amide bonds. The van der Waals surface area contributed by atoms with Crippen LogP contribution in [-0.4, -0.2) is 22.4 Å². The van der Waals surface area contributed by atoms with E-state index in [4.69, 9.17) is 0 Å². The van der Waals surface area contributed by atoms with Crippen molar-refractivity contribution in [2.24, 2.45) is 34.5 Å². The third kappa shape index (κ3) is 3.00. The molecule has 0 saturated heterocycles. The Hall–Kier alpha value is -0.340. The summed E-state index contributed by atoms with van der Waals surface area (Å²) in [5, 5.41) is 19.8. The Balaban J connectivity index is 1.51. The van der Waals surface area contributed by atoms with E-state index in [0.29, 0.717) is 10.8 Å². The Labute approximate surface area is 160 Å². The summed E-state index contributed by atoms with van der Waals surface area (Å²) in [6.07, 6.45) is 15.8. The summed E-state index contributed by atoms with van der Waals surface area (Å²) >= 11 is 0. The van der Waals surface area contributed by atoms with Crippen LogP contribution in [0.15, 0.2) is 11.6 Å². The average molecular weight is 361 g/mol. The van der Waals surface area contributed by atoms with Crippen LogP contribution in [0.25, 0.3) is 0 Å². The van der Waals surface area contributed by atoms with Crippen molar-refractivity contribution >= 4 is 0 Å². The van der Waals surface area contributed by atoms with Gasteiger partial charge in [-0.1, -0.05) is 31.9 Å². The monoisotopic (exact) mass is 360 g/mol. The maximum Gasteiger partial charge on any atom is 0.0577 e. The highest BCUT2D eigenvalue weighted by Gasteiger charge is 2.58. The lowest BCUT2D eigenvalue weighted by atomic mass is 9.47. The van der Waals surface area contributed by atoms with E-state index in [2.05, 4.69) is 19.9 Å². The maximum absolute atomic E-state index is 10.1. The Morgan fingerprint density at radius 3 is 2.69 bits per heavy atom. The van der Waals surface area contributed by atoms with Gasteiger partial charge in [-0.25, -0.2) is 0 Å². The Morgan fingerprint density at radius 2 is 1.92 bits per heavy atom. The summed E-state index contributed by atoms with van der Waals surface area (Å²) in [7, 11) is 0. The molecular formula is C24H40O2. The normalized spacial score (nSPS) is 49.0. The molecule has 4 aliphatic rings. The Morgan fingerprint density at radius 1 is 1.12 bits per heavy atom. The lowest BCUT2D eigenvalue weighted by Crippen LogP contribution is -2.50. The quantitative estimate of drug-likeness (QED) is 0.652. The topological polar surface area (TPSA) is 40.5 Å². The minimum absolute atomic E-state index is 0.0930. The largest absolute Gasteiger partial charge is 0.393 e. The van der Waals surface area contributed by atoms with Gasteiger partial charge < -0.3 is 10.2 Å². The molecule has 0 aromatic carbocycles. The molecule has 0 spiro atoms. The van der Waals surface area contributed by atoms with Crippen LogP contribution < -0.4 is 0 Å². The van der Waals surface area contributed by atoms with E-state index in [-0.39, 0.29) is 12.2 Å². The smallest absolute Gasteiger partial charge is 0.0577 e. The predicted molar refractivity (Wildman–Crippen MR) is 107 cm³/mol. The molecule has 0 radical (unpaired) electrons. The molecule has 0 bridgehead atoms. The van der Waals surface area contributed by atoms with Crippen molar-refractivity contribution in [2.45, 2.75) is 104 Å². The van der Waals surface area contributed by atoms with Gasteiger partial charge in [0.05, 0.1) is 12.2 Å². The van der Waals surface area contributed by atoms with Gasteiger partial charge in [0.25, 0.3) is 0 Å². The first-order valence-corrected chi connectivity index (χ1v) is 11.4. The molecule has 0 heterocycles. The van der Waals surface area contributed by atoms with Gasteiger partial charge in [-0.2, -0.15) is 0 Å². The van der Waals surface area contributed by atoms with Crippen LogP contribution in [0.2, 0.25) is 0 Å². The van der Waals surface area contributed by atoms with E-state index in [1.54, 1.807) is 5.57 Å². The number of aliphatic hydroxyl groups is 2. The number of hydrogen-bond donors (Lipinski definition) is 2. The molecule has 8 atom stereocenters. The van der Waals surface area contributed by atoms with E-state index < -0.39 is 0 Å². The van der Waals surface area contributed by atoms with Gasteiger partial charge in [-0.05, 0) is 106 Å². The fraction of sp³-hybridized carbons (Fsp3) is 0.917. The van der Waals surface area contributed by atoms with E-state index in [1.807, 2.05) is 6.92 Å². The van der Waals surface area contributed by atoms with Crippen molar-refractivity contribution in [1.29, 1.82) is 0 Å². The van der Waals surface area contributed by atoms with Crippen molar-refractivity contribution in [1.82, 2.24) is 0 Å². The molecule has 4 aliphatic carbocycles. The van der Waals surface area contributed by atoms with Gasteiger partial charge in [0.1, 0.15) is 0 Å². The van der Waals surface area contributed by atoms with Crippen LogP contribution in [0, 0.1) is 34.5 Å². The molecule has 0 aromatic rings. The predicted octanol–water partition coefficient (Wildman–Crippen LogP) is 5.48. The molecule has 0 aromatic heterocycles. The second-order valence-electron chi connectivity index (χ2n) is 10.8. The summed E-state index contributed by atoms with van der Waals surface area (Å²) in [6.45, 7) is 7.07. The van der Waals surface area contributed by atoms with Crippen LogP contribution in [0.4, 0.5) is 0 Å². The van der Waals surface area contributed by atoms with Crippen LogP contribution in [0.1, 0.15) is 91.4 Å². The number of rotatable bonds is 4. The summed E-state index contributed by atoms with van der Waals surface area (Å²) in [5.74, 6) is 3.50. The molecule has 148 valence electrons. The van der Waals surface area contributed by atoms with E-state index in [0.717, 1.165) is 42.9 Å². The van der Waals surface area contributed by atoms with Crippen molar-refractivity contribution in [3.63, 3.8) is 0 Å². The van der Waals surface area contributed by atoms with E-state index in [1.165, 1.54) is 51.4 Å². The molecule has 26 heavy (non-hydrogen) atoms. The number of aliphatic hydroxyl groups excluding tert-OH is 2. The third-order valence-corrected chi connectivity index (χ3v) is 9.45. The third-order valence-electron chi connectivity index (χ3n) is 9.45. The molecule has 2 N–H and O–H groups in total.